The van der Waals surface area contributed by atoms with Crippen LogP contribution in [0.25, 0.3) is 5.57 Å². The van der Waals surface area contributed by atoms with Crippen LogP contribution in [0.1, 0.15) is 18.1 Å². The van der Waals surface area contributed by atoms with Crippen LogP contribution in [0.2, 0.25) is 0 Å². The number of aliphatic carboxylic acids is 1. The van der Waals surface area contributed by atoms with Crippen LogP contribution in [0.3, 0.4) is 0 Å². The van der Waals surface area contributed by atoms with E-state index in [-0.39, 0.29) is 0 Å². The zero-order valence-corrected chi connectivity index (χ0v) is 8.11. The molecule has 1 aromatic carbocycles. The first-order valence-electron chi connectivity index (χ1n) is 4.23. The second kappa shape index (κ2) is 3.96. The highest BCUT2D eigenvalue weighted by Crippen LogP contribution is 2.20. The number of allylic oxidation sites excluding steroid dienone is 1. The Morgan fingerprint density at radius 2 is 1.79 bits per heavy atom. The van der Waals surface area contributed by atoms with Crippen molar-refractivity contribution in [1.82, 2.24) is 0 Å². The van der Waals surface area contributed by atoms with E-state index >= 15 is 0 Å². The molecule has 0 aliphatic rings. The third kappa shape index (κ3) is 1.93. The number of hydrogen-bond donors (Lipinski definition) is 2. The van der Waals surface area contributed by atoms with Gasteiger partial charge in [0, 0.05) is 5.57 Å². The van der Waals surface area contributed by atoms with Gasteiger partial charge in [-0.1, -0.05) is 24.3 Å². The molecule has 0 spiro atoms. The van der Waals surface area contributed by atoms with Gasteiger partial charge in [0.15, 0.2) is 0 Å². The monoisotopic (exact) mass is 192 g/mol. The standard InChI is InChI=1S/C11H12O3/c1-7-5-3-4-6-9(7)8(2)10(12)11(13)14/h3-6,12H,1-2H3,(H,13,14). The van der Waals surface area contributed by atoms with Crippen molar-refractivity contribution < 1.29 is 15.0 Å². The number of rotatable bonds is 2. The average Bonchev–Trinajstić information content (AvgIpc) is 2.16. The molecule has 0 aliphatic heterocycles. The Kier molecular flexibility index (Phi) is 2.92. The number of carboxylic acids is 1. The molecule has 0 amide bonds. The van der Waals surface area contributed by atoms with Crippen LogP contribution < -0.4 is 0 Å². The zero-order valence-electron chi connectivity index (χ0n) is 8.11. The summed E-state index contributed by atoms with van der Waals surface area (Å²) in [6.07, 6.45) is 0. The molecule has 0 saturated heterocycles. The van der Waals surface area contributed by atoms with Gasteiger partial charge >= 0.3 is 5.97 Å². The first-order chi connectivity index (χ1) is 6.54. The van der Waals surface area contributed by atoms with Gasteiger partial charge in [-0.05, 0) is 25.0 Å². The second-order valence-electron chi connectivity index (χ2n) is 3.09. The molecule has 2 N–H and O–H groups in total. The summed E-state index contributed by atoms with van der Waals surface area (Å²) in [6.45, 7) is 3.46. The van der Waals surface area contributed by atoms with Gasteiger partial charge in [0.1, 0.15) is 0 Å². The van der Waals surface area contributed by atoms with Crippen molar-refractivity contribution >= 4 is 11.5 Å². The molecule has 0 aromatic heterocycles. The molecule has 0 radical (unpaired) electrons. The smallest absolute Gasteiger partial charge is 0.371 e. The minimum absolute atomic E-state index is 0.385. The SMILES string of the molecule is CC(=C(O)C(=O)O)c1ccccc1C. The normalized spacial score (nSPS) is 12.1. The summed E-state index contributed by atoms with van der Waals surface area (Å²) < 4.78 is 0. The maximum atomic E-state index is 10.5. The summed E-state index contributed by atoms with van der Waals surface area (Å²) in [5.41, 5.74) is 2.08. The molecule has 1 rings (SSSR count). The van der Waals surface area contributed by atoms with Crippen LogP contribution in [0.15, 0.2) is 30.0 Å². The van der Waals surface area contributed by atoms with Gasteiger partial charge in [-0.15, -0.1) is 0 Å². The Morgan fingerprint density at radius 3 is 2.29 bits per heavy atom. The molecule has 1 aromatic rings. The third-order valence-electron chi connectivity index (χ3n) is 2.11. The number of aliphatic hydroxyl groups is 1. The van der Waals surface area contributed by atoms with E-state index in [2.05, 4.69) is 0 Å². The Labute approximate surface area is 82.3 Å². The molecule has 14 heavy (non-hydrogen) atoms. The van der Waals surface area contributed by atoms with Gasteiger partial charge in [0.25, 0.3) is 0 Å². The van der Waals surface area contributed by atoms with Gasteiger partial charge in [0.05, 0.1) is 0 Å². The summed E-state index contributed by atoms with van der Waals surface area (Å²) in [6, 6.07) is 7.32. The molecule has 0 heterocycles. The fourth-order valence-corrected chi connectivity index (χ4v) is 1.28. The second-order valence-corrected chi connectivity index (χ2v) is 3.09. The van der Waals surface area contributed by atoms with Crippen LogP contribution in [-0.4, -0.2) is 16.2 Å². The van der Waals surface area contributed by atoms with Crippen molar-refractivity contribution in [3.05, 3.63) is 41.2 Å². The van der Waals surface area contributed by atoms with E-state index in [0.717, 1.165) is 11.1 Å². The molecular weight excluding hydrogens is 180 g/mol. The lowest BCUT2D eigenvalue weighted by Gasteiger charge is -2.06. The van der Waals surface area contributed by atoms with Gasteiger partial charge in [-0.3, -0.25) is 0 Å². The van der Waals surface area contributed by atoms with E-state index in [9.17, 15) is 9.90 Å². The quantitative estimate of drug-likeness (QED) is 0.558. The van der Waals surface area contributed by atoms with Gasteiger partial charge in [-0.2, -0.15) is 0 Å². The Hall–Kier alpha value is -1.77. The zero-order chi connectivity index (χ0) is 10.7. The first-order valence-corrected chi connectivity index (χ1v) is 4.23. The van der Waals surface area contributed by atoms with Crippen LogP contribution in [-0.2, 0) is 4.79 Å². The van der Waals surface area contributed by atoms with E-state index in [4.69, 9.17) is 5.11 Å². The molecule has 0 bridgehead atoms. The first kappa shape index (κ1) is 10.3. The molecule has 74 valence electrons. The molecule has 0 saturated carbocycles. The van der Waals surface area contributed by atoms with Crippen LogP contribution in [0.4, 0.5) is 0 Å². The lowest BCUT2D eigenvalue weighted by molar-refractivity contribution is -0.135. The number of carboxylic acid groups (broad SMARTS) is 1. The summed E-state index contributed by atoms with van der Waals surface area (Å²) in [5.74, 6) is -1.90. The number of benzene rings is 1. The maximum Gasteiger partial charge on any atom is 0.371 e. The van der Waals surface area contributed by atoms with Crippen molar-refractivity contribution in [3.63, 3.8) is 0 Å². The predicted octanol–water partition coefficient (Wildman–Crippen LogP) is 2.37. The van der Waals surface area contributed by atoms with E-state index in [0.29, 0.717) is 5.57 Å². The van der Waals surface area contributed by atoms with Crippen LogP contribution in [0, 0.1) is 6.92 Å². The highest BCUT2D eigenvalue weighted by molar-refractivity contribution is 5.93. The third-order valence-corrected chi connectivity index (χ3v) is 2.11. The molecule has 0 atom stereocenters. The molecule has 0 fully saturated rings. The largest absolute Gasteiger partial charge is 0.502 e. The summed E-state index contributed by atoms with van der Waals surface area (Å²) >= 11 is 0. The Balaban J connectivity index is 3.25. The molecule has 3 heteroatoms. The lowest BCUT2D eigenvalue weighted by Crippen LogP contribution is -2.02. The van der Waals surface area contributed by atoms with Crippen LogP contribution >= 0.6 is 0 Å². The molecular formula is C11H12O3. The number of carbonyl (C=O) groups is 1. The fourth-order valence-electron chi connectivity index (χ4n) is 1.28. The predicted molar refractivity (Wildman–Crippen MR) is 54.0 cm³/mol. The number of hydrogen-bond acceptors (Lipinski definition) is 2. The Bertz CT molecular complexity index is 391. The van der Waals surface area contributed by atoms with E-state index in [1.165, 1.54) is 0 Å². The van der Waals surface area contributed by atoms with Crippen molar-refractivity contribution in [2.24, 2.45) is 0 Å². The van der Waals surface area contributed by atoms with Gasteiger partial charge < -0.3 is 10.2 Å². The van der Waals surface area contributed by atoms with Gasteiger partial charge in [0.2, 0.25) is 5.76 Å². The summed E-state index contributed by atoms with van der Waals surface area (Å²) in [5, 5.41) is 17.8. The summed E-state index contributed by atoms with van der Waals surface area (Å²) in [7, 11) is 0. The van der Waals surface area contributed by atoms with E-state index in [1.54, 1.807) is 19.1 Å². The fraction of sp³-hybridized carbons (Fsp3) is 0.182. The minimum atomic E-state index is -1.30. The highest BCUT2D eigenvalue weighted by Gasteiger charge is 2.11. The number of aliphatic hydroxyl groups excluding tert-OH is 1. The van der Waals surface area contributed by atoms with Gasteiger partial charge in [-0.25, -0.2) is 4.79 Å². The maximum absolute atomic E-state index is 10.5. The average molecular weight is 192 g/mol. The minimum Gasteiger partial charge on any atom is -0.502 e. The van der Waals surface area contributed by atoms with Crippen molar-refractivity contribution in [2.75, 3.05) is 0 Å². The molecule has 0 aliphatic carbocycles. The summed E-state index contributed by atoms with van der Waals surface area (Å²) in [4.78, 5) is 10.5. The van der Waals surface area contributed by atoms with E-state index in [1.807, 2.05) is 19.1 Å². The highest BCUT2D eigenvalue weighted by atomic mass is 16.4. The number of aryl methyl sites for hydroxylation is 1. The Morgan fingerprint density at radius 1 is 1.21 bits per heavy atom. The van der Waals surface area contributed by atoms with E-state index < -0.39 is 11.7 Å². The molecule has 3 nitrogen and oxygen atoms in total. The van der Waals surface area contributed by atoms with Crippen molar-refractivity contribution in [2.45, 2.75) is 13.8 Å². The topological polar surface area (TPSA) is 57.5 Å². The van der Waals surface area contributed by atoms with Crippen molar-refractivity contribution in [3.8, 4) is 0 Å². The molecule has 0 unspecified atom stereocenters. The lowest BCUT2D eigenvalue weighted by atomic mass is 10.0. The van der Waals surface area contributed by atoms with Crippen molar-refractivity contribution in [1.29, 1.82) is 0 Å². The van der Waals surface area contributed by atoms with Crippen LogP contribution in [0.5, 0.6) is 0 Å².